The SMILES string of the molecule is c1ccc(-c2cccc(N(c3ccc4oc5ccccc5c4c3)c3nc4ccc5ccccc5c4o3)c2)cc1. The van der Waals surface area contributed by atoms with Crippen molar-refractivity contribution in [3.8, 4) is 11.1 Å². The van der Waals surface area contributed by atoms with E-state index in [4.69, 9.17) is 13.8 Å². The van der Waals surface area contributed by atoms with Crippen LogP contribution in [-0.2, 0) is 0 Å². The fraction of sp³-hybridized carbons (Fsp3) is 0. The van der Waals surface area contributed by atoms with E-state index in [1.807, 2.05) is 48.5 Å². The maximum Gasteiger partial charge on any atom is 0.307 e. The Morgan fingerprint density at radius 1 is 0.487 bits per heavy atom. The number of fused-ring (bicyclic) bond motifs is 6. The molecule has 0 N–H and O–H groups in total. The Morgan fingerprint density at radius 2 is 1.23 bits per heavy atom. The number of para-hydroxylation sites is 1. The Labute approximate surface area is 224 Å². The number of anilines is 3. The van der Waals surface area contributed by atoms with Crippen LogP contribution in [-0.4, -0.2) is 4.98 Å². The van der Waals surface area contributed by atoms with Gasteiger partial charge in [0.05, 0.1) is 11.4 Å². The molecule has 0 saturated carbocycles. The molecule has 0 radical (unpaired) electrons. The van der Waals surface area contributed by atoms with Crippen LogP contribution < -0.4 is 4.90 Å². The van der Waals surface area contributed by atoms with E-state index in [0.717, 1.165) is 66.3 Å². The van der Waals surface area contributed by atoms with Crippen molar-refractivity contribution in [3.63, 3.8) is 0 Å². The van der Waals surface area contributed by atoms with Gasteiger partial charge in [0.1, 0.15) is 16.7 Å². The van der Waals surface area contributed by atoms with Gasteiger partial charge >= 0.3 is 6.01 Å². The maximum atomic E-state index is 6.57. The van der Waals surface area contributed by atoms with E-state index >= 15 is 0 Å². The molecule has 0 atom stereocenters. The summed E-state index contributed by atoms with van der Waals surface area (Å²) < 4.78 is 12.7. The van der Waals surface area contributed by atoms with Crippen LogP contribution in [0.4, 0.5) is 17.4 Å². The van der Waals surface area contributed by atoms with Gasteiger partial charge in [0.2, 0.25) is 0 Å². The molecule has 4 nitrogen and oxygen atoms in total. The van der Waals surface area contributed by atoms with E-state index in [9.17, 15) is 0 Å². The summed E-state index contributed by atoms with van der Waals surface area (Å²) >= 11 is 0. The molecule has 0 unspecified atom stereocenters. The lowest BCUT2D eigenvalue weighted by Gasteiger charge is -2.22. The zero-order valence-corrected chi connectivity index (χ0v) is 20.9. The van der Waals surface area contributed by atoms with Gasteiger partial charge in [-0.3, -0.25) is 4.90 Å². The minimum atomic E-state index is 0.513. The van der Waals surface area contributed by atoms with Gasteiger partial charge in [0.25, 0.3) is 0 Å². The first-order valence-corrected chi connectivity index (χ1v) is 13.0. The van der Waals surface area contributed by atoms with Crippen molar-refractivity contribution in [2.24, 2.45) is 0 Å². The number of furan rings is 1. The standard InChI is InChI=1S/C35H22N2O2/c1-2-9-23(10-3-1)25-12-8-13-26(21-25)37(27-18-20-33-30(22-27)29-15-6-7-16-32(29)38-33)35-36-31-19-17-24-11-4-5-14-28(24)34(31)39-35/h1-22H. The first kappa shape index (κ1) is 21.7. The molecule has 0 aliphatic heterocycles. The highest BCUT2D eigenvalue weighted by molar-refractivity contribution is 6.07. The Bertz CT molecular complexity index is 2130. The molecule has 2 aromatic heterocycles. The van der Waals surface area contributed by atoms with Crippen molar-refractivity contribution in [2.75, 3.05) is 4.90 Å². The van der Waals surface area contributed by atoms with E-state index in [0.29, 0.717) is 6.01 Å². The predicted octanol–water partition coefficient (Wildman–Crippen LogP) is 10.0. The van der Waals surface area contributed by atoms with Gasteiger partial charge in [0.15, 0.2) is 5.58 Å². The maximum absolute atomic E-state index is 6.57. The molecule has 0 bridgehead atoms. The van der Waals surface area contributed by atoms with Gasteiger partial charge in [-0.25, -0.2) is 0 Å². The predicted molar refractivity (Wildman–Crippen MR) is 159 cm³/mol. The lowest BCUT2D eigenvalue weighted by molar-refractivity contribution is 0.611. The molecule has 184 valence electrons. The fourth-order valence-electron chi connectivity index (χ4n) is 5.42. The van der Waals surface area contributed by atoms with Gasteiger partial charge in [-0.1, -0.05) is 91.0 Å². The molecular formula is C35H22N2O2. The molecule has 0 saturated heterocycles. The number of nitrogens with zero attached hydrogens (tertiary/aromatic N) is 2. The lowest BCUT2D eigenvalue weighted by atomic mass is 10.0. The molecule has 0 aliphatic carbocycles. The first-order chi connectivity index (χ1) is 19.3. The van der Waals surface area contributed by atoms with Crippen molar-refractivity contribution in [2.45, 2.75) is 0 Å². The number of hydrogen-bond acceptors (Lipinski definition) is 4. The van der Waals surface area contributed by atoms with Crippen molar-refractivity contribution < 1.29 is 8.83 Å². The molecule has 6 aromatic carbocycles. The average Bonchev–Trinajstić information content (AvgIpc) is 3.60. The Kier molecular flexibility index (Phi) is 4.79. The third-order valence-electron chi connectivity index (χ3n) is 7.29. The fourth-order valence-corrected chi connectivity index (χ4v) is 5.42. The molecule has 8 aromatic rings. The smallest absolute Gasteiger partial charge is 0.307 e. The van der Waals surface area contributed by atoms with Crippen molar-refractivity contribution in [1.82, 2.24) is 4.98 Å². The molecule has 0 aliphatic rings. The quantitative estimate of drug-likeness (QED) is 0.240. The first-order valence-electron chi connectivity index (χ1n) is 13.0. The van der Waals surface area contributed by atoms with Crippen LogP contribution in [0.25, 0.3) is 54.9 Å². The van der Waals surface area contributed by atoms with Crippen LogP contribution in [0.2, 0.25) is 0 Å². The Balaban J connectivity index is 1.37. The second kappa shape index (κ2) is 8.61. The Morgan fingerprint density at radius 3 is 2.15 bits per heavy atom. The van der Waals surface area contributed by atoms with E-state index in [1.54, 1.807) is 0 Å². The van der Waals surface area contributed by atoms with Crippen molar-refractivity contribution >= 4 is 61.2 Å². The molecule has 8 rings (SSSR count). The highest BCUT2D eigenvalue weighted by Gasteiger charge is 2.21. The van der Waals surface area contributed by atoms with E-state index in [1.165, 1.54) is 0 Å². The van der Waals surface area contributed by atoms with Crippen molar-refractivity contribution in [3.05, 3.63) is 133 Å². The van der Waals surface area contributed by atoms with Gasteiger partial charge in [-0.15, -0.1) is 0 Å². The summed E-state index contributed by atoms with van der Waals surface area (Å²) in [7, 11) is 0. The summed E-state index contributed by atoms with van der Waals surface area (Å²) in [5.41, 5.74) is 7.49. The molecule has 0 spiro atoms. The molecule has 2 heterocycles. The number of rotatable bonds is 4. The highest BCUT2D eigenvalue weighted by Crippen LogP contribution is 2.41. The normalized spacial score (nSPS) is 11.6. The number of aromatic nitrogens is 1. The number of benzene rings is 6. The lowest BCUT2D eigenvalue weighted by Crippen LogP contribution is -2.10. The number of oxazole rings is 1. The van der Waals surface area contributed by atoms with Crippen LogP contribution in [0, 0.1) is 0 Å². The third-order valence-corrected chi connectivity index (χ3v) is 7.29. The summed E-state index contributed by atoms with van der Waals surface area (Å²) in [5, 5.41) is 4.30. The second-order valence-corrected chi connectivity index (χ2v) is 9.66. The Hall–Kier alpha value is -5.35. The average molecular weight is 503 g/mol. The minimum absolute atomic E-state index is 0.513. The molecule has 39 heavy (non-hydrogen) atoms. The largest absolute Gasteiger partial charge is 0.456 e. The summed E-state index contributed by atoms with van der Waals surface area (Å²) in [4.78, 5) is 7.07. The molecule has 4 heteroatoms. The number of hydrogen-bond donors (Lipinski definition) is 0. The van der Waals surface area contributed by atoms with Gasteiger partial charge in [-0.05, 0) is 59.0 Å². The van der Waals surface area contributed by atoms with Crippen LogP contribution in [0.5, 0.6) is 0 Å². The minimum Gasteiger partial charge on any atom is -0.456 e. The van der Waals surface area contributed by atoms with Crippen LogP contribution in [0.15, 0.2) is 142 Å². The molecular weight excluding hydrogens is 480 g/mol. The van der Waals surface area contributed by atoms with Gasteiger partial charge in [0, 0.05) is 16.2 Å². The van der Waals surface area contributed by atoms with E-state index in [-0.39, 0.29) is 0 Å². The van der Waals surface area contributed by atoms with Gasteiger partial charge in [-0.2, -0.15) is 4.98 Å². The van der Waals surface area contributed by atoms with Crippen LogP contribution in [0.1, 0.15) is 0 Å². The summed E-state index contributed by atoms with van der Waals surface area (Å²) in [5.74, 6) is 0. The van der Waals surface area contributed by atoms with Gasteiger partial charge < -0.3 is 8.83 Å². The zero-order valence-electron chi connectivity index (χ0n) is 20.9. The van der Waals surface area contributed by atoms with Crippen LogP contribution >= 0.6 is 0 Å². The zero-order chi connectivity index (χ0) is 25.8. The summed E-state index contributed by atoms with van der Waals surface area (Å²) in [6.45, 7) is 0. The van der Waals surface area contributed by atoms with Crippen LogP contribution in [0.3, 0.4) is 0 Å². The third kappa shape index (κ3) is 3.57. The van der Waals surface area contributed by atoms with E-state index in [2.05, 4.69) is 89.8 Å². The topological polar surface area (TPSA) is 42.4 Å². The van der Waals surface area contributed by atoms with Crippen molar-refractivity contribution in [1.29, 1.82) is 0 Å². The highest BCUT2D eigenvalue weighted by atomic mass is 16.4. The molecule has 0 fully saturated rings. The second-order valence-electron chi connectivity index (χ2n) is 9.66. The van der Waals surface area contributed by atoms with E-state index < -0.39 is 0 Å². The summed E-state index contributed by atoms with van der Waals surface area (Å²) in [6, 6.07) is 46.1. The summed E-state index contributed by atoms with van der Waals surface area (Å²) in [6.07, 6.45) is 0. The molecule has 0 amide bonds. The monoisotopic (exact) mass is 502 g/mol.